The van der Waals surface area contributed by atoms with Crippen LogP contribution in [0.5, 0.6) is 23.0 Å². The van der Waals surface area contributed by atoms with E-state index in [0.29, 0.717) is 0 Å². The molecule has 2 aromatic carbocycles. The number of hydrogen-bond donors (Lipinski definition) is 6. The maximum atomic E-state index is 13.0. The summed E-state index contributed by atoms with van der Waals surface area (Å²) in [5.74, 6) is -7.20. The van der Waals surface area contributed by atoms with E-state index in [1.54, 1.807) is 0 Å². The van der Waals surface area contributed by atoms with Gasteiger partial charge in [0.2, 0.25) is 0 Å². The third kappa shape index (κ3) is 5.37. The lowest BCUT2D eigenvalue weighted by molar-refractivity contribution is 0.0644. The lowest BCUT2D eigenvalue weighted by atomic mass is 9.94. The second kappa shape index (κ2) is 10.2. The Kier molecular flexibility index (Phi) is 7.15. The highest BCUT2D eigenvalue weighted by Gasteiger charge is 2.29. The number of carbonyl (C=O) groups excluding carboxylic acids is 2. The number of nitrogens with zero attached hydrogens (tertiary/aromatic N) is 1. The number of phenolic OH excluding ortho intramolecular Hbond substituents is 4. The van der Waals surface area contributed by atoms with Crippen molar-refractivity contribution in [2.45, 2.75) is 0 Å². The largest absolute Gasteiger partial charge is 0.504 e. The third-order valence-corrected chi connectivity index (χ3v) is 4.86. The molecule has 0 aliphatic rings. The predicted octanol–water partition coefficient (Wildman–Crippen LogP) is 3.09. The van der Waals surface area contributed by atoms with Gasteiger partial charge in [0.05, 0.1) is 11.1 Å². The van der Waals surface area contributed by atoms with Crippen LogP contribution in [0.3, 0.4) is 0 Å². The van der Waals surface area contributed by atoms with Gasteiger partial charge in [-0.1, -0.05) is 24.3 Å². The highest BCUT2D eigenvalue weighted by atomic mass is 16.4. The molecule has 0 unspecified atom stereocenters. The van der Waals surface area contributed by atoms with Gasteiger partial charge in [0.25, 0.3) is 0 Å². The van der Waals surface area contributed by atoms with Crippen LogP contribution in [-0.2, 0) is 0 Å². The lowest BCUT2D eigenvalue weighted by Gasteiger charge is -2.10. The van der Waals surface area contributed by atoms with Gasteiger partial charge in [0.1, 0.15) is 5.56 Å². The van der Waals surface area contributed by atoms with E-state index in [1.165, 1.54) is 24.3 Å². The Balaban J connectivity index is 2.10. The van der Waals surface area contributed by atoms with Crippen LogP contribution in [0.2, 0.25) is 0 Å². The van der Waals surface area contributed by atoms with Gasteiger partial charge in [-0.05, 0) is 47.5 Å². The average molecular weight is 491 g/mol. The third-order valence-electron chi connectivity index (χ3n) is 4.86. The fraction of sp³-hybridized carbons (Fsp3) is 0. The van der Waals surface area contributed by atoms with Gasteiger partial charge in [-0.3, -0.25) is 9.59 Å². The quantitative estimate of drug-likeness (QED) is 0.153. The topological polar surface area (TPSA) is 203 Å². The van der Waals surface area contributed by atoms with Crippen LogP contribution >= 0.6 is 0 Å². The number of phenols is 4. The minimum absolute atomic E-state index is 0.239. The Morgan fingerprint density at radius 3 is 1.58 bits per heavy atom. The Morgan fingerprint density at radius 1 is 0.639 bits per heavy atom. The molecule has 1 aromatic heterocycles. The van der Waals surface area contributed by atoms with Gasteiger partial charge in [0, 0.05) is 6.20 Å². The number of carboxylic acid groups (broad SMARTS) is 2. The van der Waals surface area contributed by atoms with Gasteiger partial charge in [-0.15, -0.1) is 0 Å². The summed E-state index contributed by atoms with van der Waals surface area (Å²) in [4.78, 5) is 52.9. The first-order valence-corrected chi connectivity index (χ1v) is 9.98. The lowest BCUT2D eigenvalue weighted by Crippen LogP contribution is -2.20. The van der Waals surface area contributed by atoms with Crippen molar-refractivity contribution in [3.8, 4) is 23.0 Å². The molecule has 0 radical (unpaired) electrons. The number of aromatic hydroxyl groups is 4. The molecule has 0 saturated carbocycles. The molecular weight excluding hydrogens is 474 g/mol. The zero-order valence-electron chi connectivity index (χ0n) is 18.1. The number of aromatic nitrogens is 1. The van der Waals surface area contributed by atoms with Crippen molar-refractivity contribution in [1.82, 2.24) is 4.98 Å². The molecule has 1 heterocycles. The van der Waals surface area contributed by atoms with Crippen molar-refractivity contribution in [3.05, 3.63) is 88.3 Å². The Morgan fingerprint density at radius 2 is 1.14 bits per heavy atom. The maximum Gasteiger partial charge on any atom is 0.355 e. The van der Waals surface area contributed by atoms with E-state index >= 15 is 0 Å². The molecule has 0 amide bonds. The van der Waals surface area contributed by atoms with Gasteiger partial charge in [-0.2, -0.15) is 0 Å². The number of benzene rings is 2. The average Bonchev–Trinajstić information content (AvgIpc) is 2.83. The van der Waals surface area contributed by atoms with E-state index in [9.17, 15) is 49.8 Å². The van der Waals surface area contributed by atoms with Crippen molar-refractivity contribution >= 4 is 35.7 Å². The van der Waals surface area contributed by atoms with E-state index in [2.05, 4.69) is 4.98 Å². The number of carboxylic acids is 2. The number of pyridine rings is 1. The van der Waals surface area contributed by atoms with Gasteiger partial charge in [-0.25, -0.2) is 14.6 Å². The van der Waals surface area contributed by atoms with E-state index in [-0.39, 0.29) is 16.9 Å². The van der Waals surface area contributed by atoms with E-state index in [4.69, 9.17) is 0 Å². The molecule has 36 heavy (non-hydrogen) atoms. The van der Waals surface area contributed by atoms with Crippen LogP contribution in [0.4, 0.5) is 0 Å². The minimum Gasteiger partial charge on any atom is -0.504 e. The first kappa shape index (κ1) is 25.2. The molecule has 0 aliphatic carbocycles. The smallest absolute Gasteiger partial charge is 0.355 e. The zero-order chi connectivity index (χ0) is 26.6. The fourth-order valence-corrected chi connectivity index (χ4v) is 3.13. The number of hydrogen-bond acceptors (Lipinski definition) is 9. The highest BCUT2D eigenvalue weighted by Crippen LogP contribution is 2.27. The normalized spacial score (nSPS) is 11.1. The standard InChI is InChI=1S/C25H17NO10/c27-15(5-1-12-2-6-16(28)19(31)9-12)14-11-26-23(25(35)36)22(24(33)34)21(14)18(30)8-4-13-3-7-17(29)20(32)10-13/h1-11,28-29,31-32H,(H,33,34)(H,35,36)/b5-1+,8-4+. The van der Waals surface area contributed by atoms with Crippen LogP contribution < -0.4 is 0 Å². The second-order valence-corrected chi connectivity index (χ2v) is 7.27. The van der Waals surface area contributed by atoms with Crippen LogP contribution in [0.15, 0.2) is 54.7 Å². The molecule has 0 aliphatic heterocycles. The van der Waals surface area contributed by atoms with Crippen molar-refractivity contribution in [2.75, 3.05) is 0 Å². The molecule has 0 fully saturated rings. The van der Waals surface area contributed by atoms with Gasteiger partial charge >= 0.3 is 11.9 Å². The monoisotopic (exact) mass is 491 g/mol. The summed E-state index contributed by atoms with van der Waals surface area (Å²) in [6.45, 7) is 0. The first-order valence-electron chi connectivity index (χ1n) is 9.98. The molecule has 6 N–H and O–H groups in total. The SMILES string of the molecule is O=C(/C=C/c1ccc(O)c(O)c1)c1cnc(C(=O)O)c(C(=O)O)c1C(=O)/C=C/c1ccc(O)c(O)c1. The Bertz CT molecular complexity index is 1470. The second-order valence-electron chi connectivity index (χ2n) is 7.27. The molecule has 3 aromatic rings. The first-order chi connectivity index (χ1) is 17.0. The Hall–Kier alpha value is -5.45. The number of carbonyl (C=O) groups is 4. The summed E-state index contributed by atoms with van der Waals surface area (Å²) in [5.41, 5.74) is -2.65. The fourth-order valence-electron chi connectivity index (χ4n) is 3.13. The van der Waals surface area contributed by atoms with E-state index in [0.717, 1.165) is 42.6 Å². The van der Waals surface area contributed by atoms with Crippen molar-refractivity contribution in [3.63, 3.8) is 0 Å². The summed E-state index contributed by atoms with van der Waals surface area (Å²) in [6, 6.07) is 7.30. The molecule has 3 rings (SSSR count). The molecule has 0 saturated heterocycles. The molecule has 11 heteroatoms. The van der Waals surface area contributed by atoms with Crippen LogP contribution in [0, 0.1) is 0 Å². The molecule has 11 nitrogen and oxygen atoms in total. The molecule has 0 atom stereocenters. The van der Waals surface area contributed by atoms with Crippen LogP contribution in [0.1, 0.15) is 52.7 Å². The summed E-state index contributed by atoms with van der Waals surface area (Å²) in [6.07, 6.45) is 4.98. The molecule has 0 bridgehead atoms. The summed E-state index contributed by atoms with van der Waals surface area (Å²) in [5, 5.41) is 57.0. The zero-order valence-corrected chi connectivity index (χ0v) is 18.1. The molecular formula is C25H17NO10. The van der Waals surface area contributed by atoms with Crippen molar-refractivity contribution in [1.29, 1.82) is 0 Å². The summed E-state index contributed by atoms with van der Waals surface area (Å²) in [7, 11) is 0. The van der Waals surface area contributed by atoms with E-state index < -0.39 is 63.1 Å². The minimum atomic E-state index is -1.80. The van der Waals surface area contributed by atoms with Crippen LogP contribution in [-0.4, -0.2) is 59.1 Å². The Labute approximate surface area is 202 Å². The number of allylic oxidation sites excluding steroid dienone is 2. The van der Waals surface area contributed by atoms with Crippen molar-refractivity contribution in [2.24, 2.45) is 0 Å². The highest BCUT2D eigenvalue weighted by molar-refractivity contribution is 6.22. The van der Waals surface area contributed by atoms with Gasteiger partial charge in [0.15, 0.2) is 40.3 Å². The molecule has 182 valence electrons. The van der Waals surface area contributed by atoms with Crippen molar-refractivity contribution < 1.29 is 49.8 Å². The number of aromatic carboxylic acids is 2. The maximum absolute atomic E-state index is 13.0. The summed E-state index contributed by atoms with van der Waals surface area (Å²) < 4.78 is 0. The van der Waals surface area contributed by atoms with Gasteiger partial charge < -0.3 is 30.6 Å². The number of rotatable bonds is 8. The molecule has 0 spiro atoms. The van der Waals surface area contributed by atoms with Crippen LogP contribution in [0.25, 0.3) is 12.2 Å². The summed E-state index contributed by atoms with van der Waals surface area (Å²) >= 11 is 0. The predicted molar refractivity (Wildman–Crippen MR) is 124 cm³/mol. The number of ketones is 2. The van der Waals surface area contributed by atoms with E-state index in [1.807, 2.05) is 0 Å².